The van der Waals surface area contributed by atoms with Crippen LogP contribution in [0.4, 0.5) is 0 Å². The summed E-state index contributed by atoms with van der Waals surface area (Å²) >= 11 is 1.39. The van der Waals surface area contributed by atoms with Crippen LogP contribution in [0.3, 0.4) is 0 Å². The van der Waals surface area contributed by atoms with Crippen molar-refractivity contribution in [1.82, 2.24) is 5.32 Å². The third kappa shape index (κ3) is 6.20. The Labute approximate surface area is 169 Å². The van der Waals surface area contributed by atoms with Crippen LogP contribution in [-0.4, -0.2) is 37.4 Å². The summed E-state index contributed by atoms with van der Waals surface area (Å²) in [5, 5.41) is 2.35. The van der Waals surface area contributed by atoms with Gasteiger partial charge < -0.3 is 19.5 Å². The number of esters is 1. The van der Waals surface area contributed by atoms with Crippen molar-refractivity contribution in [2.24, 2.45) is 0 Å². The van der Waals surface area contributed by atoms with E-state index in [1.807, 2.05) is 36.4 Å². The van der Waals surface area contributed by atoms with Crippen molar-refractivity contribution in [2.45, 2.75) is 36.6 Å². The Bertz CT molecular complexity index is 797. The van der Waals surface area contributed by atoms with Crippen molar-refractivity contribution >= 4 is 23.6 Å². The number of thioether (sulfide) groups is 1. The normalized spacial score (nSPS) is 12.6. The van der Waals surface area contributed by atoms with Gasteiger partial charge in [0.05, 0.1) is 14.2 Å². The molecular weight excluding hydrogens is 378 g/mol. The molecule has 0 aliphatic heterocycles. The average molecular weight is 404 g/mol. The quantitative estimate of drug-likeness (QED) is 0.511. The van der Waals surface area contributed by atoms with Gasteiger partial charge in [0.25, 0.3) is 5.91 Å². The van der Waals surface area contributed by atoms with Crippen molar-refractivity contribution in [3.63, 3.8) is 0 Å². The smallest absolute Gasteiger partial charge is 0.319 e. The number of carbonyl (C=O) groups excluding carboxylic acids is 2. The first-order valence-corrected chi connectivity index (χ1v) is 9.73. The highest BCUT2D eigenvalue weighted by atomic mass is 32.2. The standard InChI is InChI=1S/C21H25NO5S/c1-14(27-21(24)15(2)28-17-8-6-5-7-9-17)20(23)22-13-16-10-11-18(25-3)19(12-16)26-4/h5-12,14-15H,13H2,1-4H3,(H,22,23)/t14-,15-/m0/s1. The fraction of sp³-hybridized carbons (Fsp3) is 0.333. The van der Waals surface area contributed by atoms with Crippen molar-refractivity contribution in [3.05, 3.63) is 54.1 Å². The summed E-state index contributed by atoms with van der Waals surface area (Å²) in [5.41, 5.74) is 0.845. The first kappa shape index (κ1) is 21.6. The Balaban J connectivity index is 1.84. The van der Waals surface area contributed by atoms with Gasteiger partial charge in [-0.2, -0.15) is 0 Å². The topological polar surface area (TPSA) is 73.9 Å². The summed E-state index contributed by atoms with van der Waals surface area (Å²) in [5.74, 6) is 0.410. The highest BCUT2D eigenvalue weighted by Crippen LogP contribution is 2.27. The van der Waals surface area contributed by atoms with Gasteiger partial charge in [0.1, 0.15) is 5.25 Å². The molecule has 0 fully saturated rings. The van der Waals surface area contributed by atoms with Crippen LogP contribution in [0.15, 0.2) is 53.4 Å². The largest absolute Gasteiger partial charge is 0.493 e. The van der Waals surface area contributed by atoms with E-state index in [-0.39, 0.29) is 12.5 Å². The number of benzene rings is 2. The Morgan fingerprint density at radius 3 is 2.32 bits per heavy atom. The number of ether oxygens (including phenoxy) is 3. The van der Waals surface area contributed by atoms with Crippen LogP contribution >= 0.6 is 11.8 Å². The van der Waals surface area contributed by atoms with Gasteiger partial charge in [-0.3, -0.25) is 9.59 Å². The maximum atomic E-state index is 12.3. The van der Waals surface area contributed by atoms with Gasteiger partial charge in [-0.05, 0) is 43.7 Å². The molecule has 7 heteroatoms. The molecule has 1 amide bonds. The molecule has 2 atom stereocenters. The number of methoxy groups -OCH3 is 2. The summed E-state index contributed by atoms with van der Waals surface area (Å²) in [6.07, 6.45) is -0.883. The molecule has 150 valence electrons. The van der Waals surface area contributed by atoms with E-state index in [9.17, 15) is 9.59 Å². The molecule has 6 nitrogen and oxygen atoms in total. The molecule has 0 unspecified atom stereocenters. The highest BCUT2D eigenvalue weighted by molar-refractivity contribution is 8.00. The number of nitrogens with one attached hydrogen (secondary N) is 1. The van der Waals surface area contributed by atoms with Gasteiger partial charge in [0.2, 0.25) is 0 Å². The molecule has 2 aromatic carbocycles. The third-order valence-corrected chi connectivity index (χ3v) is 5.06. The zero-order chi connectivity index (χ0) is 20.5. The second kappa shape index (κ2) is 10.6. The number of amides is 1. The maximum absolute atomic E-state index is 12.3. The van der Waals surface area contributed by atoms with E-state index in [4.69, 9.17) is 14.2 Å². The molecule has 0 aliphatic rings. The predicted molar refractivity (Wildman–Crippen MR) is 109 cm³/mol. The minimum absolute atomic E-state index is 0.287. The van der Waals surface area contributed by atoms with Crippen molar-refractivity contribution in [2.75, 3.05) is 14.2 Å². The summed E-state index contributed by atoms with van der Waals surface area (Å²) < 4.78 is 15.7. The van der Waals surface area contributed by atoms with E-state index >= 15 is 0 Å². The monoisotopic (exact) mass is 403 g/mol. The van der Waals surface area contributed by atoms with Crippen LogP contribution in [0.5, 0.6) is 11.5 Å². The summed E-state index contributed by atoms with van der Waals surface area (Å²) in [7, 11) is 3.11. The van der Waals surface area contributed by atoms with Gasteiger partial charge in [-0.15, -0.1) is 11.8 Å². The molecule has 0 aromatic heterocycles. The molecule has 0 spiro atoms. The minimum atomic E-state index is -0.883. The SMILES string of the molecule is COc1ccc(CNC(=O)[C@H](C)OC(=O)[C@H](C)Sc2ccccc2)cc1OC. The fourth-order valence-corrected chi connectivity index (χ4v) is 3.27. The highest BCUT2D eigenvalue weighted by Gasteiger charge is 2.22. The lowest BCUT2D eigenvalue weighted by atomic mass is 10.2. The lowest BCUT2D eigenvalue weighted by molar-refractivity contribution is -0.154. The van der Waals surface area contributed by atoms with E-state index in [2.05, 4.69) is 5.32 Å². The molecule has 0 saturated carbocycles. The Kier molecular flexibility index (Phi) is 8.19. The van der Waals surface area contributed by atoms with Crippen molar-refractivity contribution < 1.29 is 23.8 Å². The molecule has 0 radical (unpaired) electrons. The Morgan fingerprint density at radius 1 is 1.00 bits per heavy atom. The minimum Gasteiger partial charge on any atom is -0.493 e. The Hall–Kier alpha value is -2.67. The van der Waals surface area contributed by atoms with E-state index in [1.165, 1.54) is 11.8 Å². The van der Waals surface area contributed by atoms with Gasteiger partial charge in [-0.1, -0.05) is 24.3 Å². The number of hydrogen-bond donors (Lipinski definition) is 1. The molecule has 1 N–H and O–H groups in total. The van der Waals surface area contributed by atoms with Crippen LogP contribution in [-0.2, 0) is 20.9 Å². The zero-order valence-electron chi connectivity index (χ0n) is 16.4. The zero-order valence-corrected chi connectivity index (χ0v) is 17.2. The van der Waals surface area contributed by atoms with Crippen LogP contribution in [0.25, 0.3) is 0 Å². The molecule has 0 saturated heterocycles. The van der Waals surface area contributed by atoms with E-state index in [1.54, 1.807) is 40.2 Å². The average Bonchev–Trinajstić information content (AvgIpc) is 2.72. The van der Waals surface area contributed by atoms with Crippen LogP contribution in [0, 0.1) is 0 Å². The second-order valence-corrected chi connectivity index (χ2v) is 7.47. The summed E-state index contributed by atoms with van der Waals surface area (Å²) in [6.45, 7) is 3.60. The number of rotatable bonds is 9. The summed E-state index contributed by atoms with van der Waals surface area (Å²) in [6, 6.07) is 15.0. The lowest BCUT2D eigenvalue weighted by Gasteiger charge is -2.17. The first-order chi connectivity index (χ1) is 13.4. The third-order valence-electron chi connectivity index (χ3n) is 3.96. The second-order valence-electron chi connectivity index (χ2n) is 6.06. The fourth-order valence-electron chi connectivity index (χ4n) is 2.40. The lowest BCUT2D eigenvalue weighted by Crippen LogP contribution is -2.36. The molecule has 0 bridgehead atoms. The van der Waals surface area contributed by atoms with E-state index in [0.717, 1.165) is 10.5 Å². The number of hydrogen-bond acceptors (Lipinski definition) is 6. The molecule has 2 aromatic rings. The van der Waals surface area contributed by atoms with Crippen LogP contribution in [0.1, 0.15) is 19.4 Å². The van der Waals surface area contributed by atoms with Gasteiger partial charge in [-0.25, -0.2) is 0 Å². The predicted octanol–water partition coefficient (Wildman–Crippen LogP) is 3.43. The van der Waals surface area contributed by atoms with Crippen LogP contribution in [0.2, 0.25) is 0 Å². The van der Waals surface area contributed by atoms with Gasteiger partial charge in [0.15, 0.2) is 17.6 Å². The van der Waals surface area contributed by atoms with Crippen molar-refractivity contribution in [3.8, 4) is 11.5 Å². The molecule has 0 aliphatic carbocycles. The van der Waals surface area contributed by atoms with Crippen molar-refractivity contribution in [1.29, 1.82) is 0 Å². The molecule has 2 rings (SSSR count). The Morgan fingerprint density at radius 2 is 1.68 bits per heavy atom. The number of carbonyl (C=O) groups is 2. The molecule has 28 heavy (non-hydrogen) atoms. The van der Waals surface area contributed by atoms with Gasteiger partial charge >= 0.3 is 5.97 Å². The summed E-state index contributed by atoms with van der Waals surface area (Å²) in [4.78, 5) is 25.5. The molecular formula is C21H25NO5S. The van der Waals surface area contributed by atoms with Gasteiger partial charge in [0, 0.05) is 11.4 Å². The molecule has 0 heterocycles. The van der Waals surface area contributed by atoms with E-state index in [0.29, 0.717) is 11.5 Å². The maximum Gasteiger partial charge on any atom is 0.319 e. The van der Waals surface area contributed by atoms with Crippen LogP contribution < -0.4 is 14.8 Å². The van der Waals surface area contributed by atoms with E-state index < -0.39 is 17.3 Å². The first-order valence-electron chi connectivity index (χ1n) is 8.85.